The molecule has 0 radical (unpaired) electrons. The fourth-order valence-corrected chi connectivity index (χ4v) is 6.68. The number of fused-ring (bicyclic) bond motifs is 2. The maximum Gasteiger partial charge on any atom is 4.00 e. The van der Waals surface area contributed by atoms with Gasteiger partial charge in [-0.1, -0.05) is 90.8 Å². The second kappa shape index (κ2) is 13.4. The summed E-state index contributed by atoms with van der Waals surface area (Å²) in [5, 5.41) is 0.331. The second-order valence-electron chi connectivity index (χ2n) is 13.4. The molecular weight excluding hydrogens is 722 g/mol. The van der Waals surface area contributed by atoms with E-state index < -0.39 is 16.6 Å². The zero-order chi connectivity index (χ0) is 26.5. The van der Waals surface area contributed by atoms with Crippen molar-refractivity contribution in [1.29, 1.82) is 0 Å². The van der Waals surface area contributed by atoms with Crippen LogP contribution in [0.15, 0.2) is 48.5 Å². The normalized spacial score (nSPS) is 18.6. The number of halogens is 2. The summed E-state index contributed by atoms with van der Waals surface area (Å²) in [6, 6.07) is 17.4. The van der Waals surface area contributed by atoms with Crippen molar-refractivity contribution in [1.82, 2.24) is 0 Å². The Morgan fingerprint density at radius 2 is 0.923 bits per heavy atom. The third-order valence-corrected chi connectivity index (χ3v) is 17.7. The number of rotatable bonds is 7. The van der Waals surface area contributed by atoms with Crippen LogP contribution in [0.25, 0.3) is 11.1 Å². The van der Waals surface area contributed by atoms with Crippen LogP contribution in [-0.2, 0) is 34.7 Å². The van der Waals surface area contributed by atoms with Crippen LogP contribution in [0, 0.1) is 12.2 Å². The average molecular weight is 766 g/mol. The number of benzene rings is 2. The molecule has 0 fully saturated rings. The van der Waals surface area contributed by atoms with Crippen molar-refractivity contribution in [2.24, 2.45) is 0 Å². The Kier molecular flexibility index (Phi) is 12.6. The van der Waals surface area contributed by atoms with Crippen LogP contribution in [0.4, 0.5) is 0 Å². The molecule has 0 spiro atoms. The first-order valence-corrected chi connectivity index (χ1v) is 19.2. The molecule has 39 heavy (non-hydrogen) atoms. The summed E-state index contributed by atoms with van der Waals surface area (Å²) in [6.07, 6.45) is 9.25. The van der Waals surface area contributed by atoms with Gasteiger partial charge in [-0.25, -0.2) is 23.3 Å². The molecule has 0 saturated carbocycles. The molecule has 210 valence electrons. The van der Waals surface area contributed by atoms with Crippen LogP contribution < -0.4 is 24.8 Å². The van der Waals surface area contributed by atoms with Gasteiger partial charge in [0, 0.05) is 0 Å². The molecule has 2 nitrogen and oxygen atoms in total. The van der Waals surface area contributed by atoms with Crippen LogP contribution in [0.5, 0.6) is 0 Å². The molecule has 0 aromatic heterocycles. The summed E-state index contributed by atoms with van der Waals surface area (Å²) in [4.78, 5) is 0. The van der Waals surface area contributed by atoms with E-state index >= 15 is 0 Å². The predicted octanol–water partition coefficient (Wildman–Crippen LogP) is 3.70. The Morgan fingerprint density at radius 3 is 1.23 bits per heavy atom. The van der Waals surface area contributed by atoms with E-state index in [2.05, 4.69) is 128 Å². The van der Waals surface area contributed by atoms with Gasteiger partial charge in [0.05, 0.1) is 0 Å². The molecule has 0 saturated heterocycles. The van der Waals surface area contributed by atoms with Gasteiger partial charge in [0.2, 0.25) is 0 Å². The summed E-state index contributed by atoms with van der Waals surface area (Å²) in [6.45, 7) is 23.1. The van der Waals surface area contributed by atoms with Crippen molar-refractivity contribution in [2.45, 2.75) is 103 Å². The SMILES string of the molecule is CC(C)(C)[Si](C)(C)O[C@H]1[C-]=C(CCC2=[C-][C@@H](O[Si](C)(C)C(C)(C)C)c3ccccc32)c2ccccc21.[Cl-].[Cl-].[Hf+4]. The molecule has 4 rings (SSSR count). The maximum atomic E-state index is 6.82. The molecule has 0 amide bonds. The van der Waals surface area contributed by atoms with Crippen molar-refractivity contribution in [3.63, 3.8) is 0 Å². The number of hydrogen-bond donors (Lipinski definition) is 0. The Labute approximate surface area is 271 Å². The molecule has 0 heterocycles. The Morgan fingerprint density at radius 1 is 0.615 bits per heavy atom. The first-order valence-electron chi connectivity index (χ1n) is 13.4. The molecule has 0 N–H and O–H groups in total. The molecule has 2 atom stereocenters. The zero-order valence-corrected chi connectivity index (χ0v) is 32.4. The molecule has 2 aromatic rings. The minimum Gasteiger partial charge on any atom is -1.00 e. The standard InChI is InChI=1S/C32H44O2Si2.2ClH.Hf/c1-31(2,3)35(7,8)33-29-21-23(25-15-11-13-17-27(25)29)19-20-24-22-30(28-18-14-12-16-26(24)28)34-36(9,10)32(4,5)6;;;/h11-18,29-30H,19-20H2,1-10H3;2*1H;/q-2;;;+4/p-2/t29-,30+;;;. The van der Waals surface area contributed by atoms with E-state index in [0.717, 1.165) is 12.8 Å². The van der Waals surface area contributed by atoms with E-state index in [1.54, 1.807) is 0 Å². The fraction of sp³-hybridized carbons (Fsp3) is 0.500. The van der Waals surface area contributed by atoms with Crippen molar-refractivity contribution in [2.75, 3.05) is 0 Å². The van der Waals surface area contributed by atoms with Crippen molar-refractivity contribution in [3.8, 4) is 0 Å². The van der Waals surface area contributed by atoms with Gasteiger partial charge in [-0.05, 0) is 48.5 Å². The molecule has 0 aliphatic heterocycles. The van der Waals surface area contributed by atoms with Crippen molar-refractivity contribution >= 4 is 27.8 Å². The first-order chi connectivity index (χ1) is 16.6. The van der Waals surface area contributed by atoms with Crippen LogP contribution in [0.3, 0.4) is 0 Å². The van der Waals surface area contributed by atoms with Crippen molar-refractivity contribution in [3.05, 3.63) is 82.9 Å². The van der Waals surface area contributed by atoms with Gasteiger partial charge >= 0.3 is 25.8 Å². The first kappa shape index (κ1) is 36.7. The Hall–Kier alpha value is -0.276. The van der Waals surface area contributed by atoms with E-state index in [1.807, 2.05) is 0 Å². The van der Waals surface area contributed by atoms with Gasteiger partial charge in [0.1, 0.15) is 0 Å². The maximum absolute atomic E-state index is 6.82. The average Bonchev–Trinajstić information content (AvgIpc) is 3.28. The smallest absolute Gasteiger partial charge is 1.00 e. The van der Waals surface area contributed by atoms with Crippen LogP contribution in [0.2, 0.25) is 36.3 Å². The zero-order valence-electron chi connectivity index (χ0n) is 25.3. The monoisotopic (exact) mass is 766 g/mol. The van der Waals surface area contributed by atoms with E-state index in [-0.39, 0.29) is 72.9 Å². The van der Waals surface area contributed by atoms with E-state index in [4.69, 9.17) is 8.85 Å². The minimum absolute atomic E-state index is 0. The van der Waals surface area contributed by atoms with E-state index in [1.165, 1.54) is 33.4 Å². The molecule has 2 aromatic carbocycles. The summed E-state index contributed by atoms with van der Waals surface area (Å²) < 4.78 is 13.6. The minimum atomic E-state index is -1.92. The van der Waals surface area contributed by atoms with Crippen LogP contribution in [-0.4, -0.2) is 16.6 Å². The third-order valence-electron chi connectivity index (χ3n) is 8.81. The molecular formula is C32H44Cl2HfO2Si2. The van der Waals surface area contributed by atoms with Crippen LogP contribution >= 0.6 is 0 Å². The summed E-state index contributed by atoms with van der Waals surface area (Å²) in [7, 11) is -3.84. The molecule has 7 heteroatoms. The van der Waals surface area contributed by atoms with Gasteiger partial charge in [-0.2, -0.15) is 11.1 Å². The fourth-order valence-electron chi connectivity index (χ4n) is 4.42. The predicted molar refractivity (Wildman–Crippen MR) is 157 cm³/mol. The molecule has 2 aliphatic rings. The Balaban J connectivity index is 0.00000253. The molecule has 0 bridgehead atoms. The van der Waals surface area contributed by atoms with Gasteiger partial charge in [-0.15, -0.1) is 23.3 Å². The summed E-state index contributed by atoms with van der Waals surface area (Å²) in [5.74, 6) is 0. The summed E-state index contributed by atoms with van der Waals surface area (Å²) >= 11 is 0. The number of allylic oxidation sites excluding steroid dienone is 2. The van der Waals surface area contributed by atoms with Gasteiger partial charge < -0.3 is 33.7 Å². The molecule has 0 unspecified atom stereocenters. The number of hydrogen-bond acceptors (Lipinski definition) is 2. The quantitative estimate of drug-likeness (QED) is 0.317. The van der Waals surface area contributed by atoms with Gasteiger partial charge in [0.25, 0.3) is 0 Å². The van der Waals surface area contributed by atoms with Gasteiger partial charge in [-0.3, -0.25) is 0 Å². The van der Waals surface area contributed by atoms with E-state index in [9.17, 15) is 0 Å². The van der Waals surface area contributed by atoms with Crippen LogP contribution in [0.1, 0.15) is 88.8 Å². The Bertz CT molecular complexity index is 1100. The van der Waals surface area contributed by atoms with Crippen molar-refractivity contribution < 1.29 is 59.5 Å². The van der Waals surface area contributed by atoms with Gasteiger partial charge in [0.15, 0.2) is 16.6 Å². The molecule has 2 aliphatic carbocycles. The van der Waals surface area contributed by atoms with E-state index in [0.29, 0.717) is 0 Å². The third kappa shape index (κ3) is 7.77. The summed E-state index contributed by atoms with van der Waals surface area (Å²) in [5.41, 5.74) is 7.66. The topological polar surface area (TPSA) is 18.5 Å². The largest absolute Gasteiger partial charge is 4.00 e. The second-order valence-corrected chi connectivity index (χ2v) is 22.9.